The Kier molecular flexibility index (Phi) is 4.24. The summed E-state index contributed by atoms with van der Waals surface area (Å²) in [6, 6.07) is 2.11. The van der Waals surface area contributed by atoms with Gasteiger partial charge in [0, 0.05) is 6.04 Å². The smallest absolute Gasteiger partial charge is 0.340 e. The van der Waals surface area contributed by atoms with E-state index in [1.165, 1.54) is 12.6 Å². The van der Waals surface area contributed by atoms with Crippen molar-refractivity contribution in [1.29, 1.82) is 0 Å². The normalized spacial score (nSPS) is 22.2. The molecule has 5 heteroatoms. The Bertz CT molecular complexity index is 462. The molecule has 104 valence electrons. The lowest BCUT2D eigenvalue weighted by Gasteiger charge is -2.14. The first-order valence-corrected chi connectivity index (χ1v) is 6.79. The molecule has 1 aromatic heterocycles. The summed E-state index contributed by atoms with van der Waals surface area (Å²) in [7, 11) is 0. The SMILES string of the molecule is CCOC(=O)c1cc(NC2CCC(C)C2)ncc1N. The lowest BCUT2D eigenvalue weighted by molar-refractivity contribution is 0.0527. The van der Waals surface area contributed by atoms with Crippen LogP contribution in [-0.4, -0.2) is 23.6 Å². The second kappa shape index (κ2) is 5.91. The van der Waals surface area contributed by atoms with Crippen LogP contribution >= 0.6 is 0 Å². The molecule has 1 aromatic rings. The molecule has 0 aliphatic heterocycles. The van der Waals surface area contributed by atoms with Crippen molar-refractivity contribution in [3.63, 3.8) is 0 Å². The zero-order valence-electron chi connectivity index (χ0n) is 11.5. The highest BCUT2D eigenvalue weighted by atomic mass is 16.5. The molecule has 0 amide bonds. The second-order valence-corrected chi connectivity index (χ2v) is 5.14. The highest BCUT2D eigenvalue weighted by molar-refractivity contribution is 5.95. The number of nitrogens with two attached hydrogens (primary N) is 1. The average molecular weight is 263 g/mol. The number of aromatic nitrogens is 1. The number of carbonyl (C=O) groups is 1. The molecule has 1 aliphatic rings. The van der Waals surface area contributed by atoms with Gasteiger partial charge in [0.25, 0.3) is 0 Å². The van der Waals surface area contributed by atoms with E-state index < -0.39 is 5.97 Å². The molecule has 3 N–H and O–H groups in total. The molecule has 0 spiro atoms. The molecule has 5 nitrogen and oxygen atoms in total. The van der Waals surface area contributed by atoms with Crippen LogP contribution in [-0.2, 0) is 4.74 Å². The number of rotatable bonds is 4. The molecule has 2 rings (SSSR count). The Balaban J connectivity index is 2.09. The van der Waals surface area contributed by atoms with E-state index in [2.05, 4.69) is 17.2 Å². The summed E-state index contributed by atoms with van der Waals surface area (Å²) in [5, 5.41) is 3.36. The summed E-state index contributed by atoms with van der Waals surface area (Å²) >= 11 is 0. The number of nitrogen functional groups attached to an aromatic ring is 1. The number of nitrogens with one attached hydrogen (secondary N) is 1. The summed E-state index contributed by atoms with van der Waals surface area (Å²) in [4.78, 5) is 16.0. The highest BCUT2D eigenvalue weighted by Crippen LogP contribution is 2.27. The number of ether oxygens (including phenoxy) is 1. The van der Waals surface area contributed by atoms with E-state index in [-0.39, 0.29) is 0 Å². The lowest BCUT2D eigenvalue weighted by Crippen LogP contribution is -2.17. The third-order valence-electron chi connectivity index (χ3n) is 3.48. The van der Waals surface area contributed by atoms with Crippen molar-refractivity contribution in [2.24, 2.45) is 5.92 Å². The topological polar surface area (TPSA) is 77.2 Å². The van der Waals surface area contributed by atoms with Crippen molar-refractivity contribution in [3.8, 4) is 0 Å². The van der Waals surface area contributed by atoms with Gasteiger partial charge < -0.3 is 15.8 Å². The largest absolute Gasteiger partial charge is 0.462 e. The highest BCUT2D eigenvalue weighted by Gasteiger charge is 2.22. The van der Waals surface area contributed by atoms with Crippen LogP contribution in [0, 0.1) is 5.92 Å². The third-order valence-corrected chi connectivity index (χ3v) is 3.48. The maximum Gasteiger partial charge on any atom is 0.340 e. The molecule has 1 aliphatic carbocycles. The van der Waals surface area contributed by atoms with Crippen molar-refractivity contribution in [2.45, 2.75) is 39.2 Å². The van der Waals surface area contributed by atoms with Gasteiger partial charge in [0.15, 0.2) is 0 Å². The van der Waals surface area contributed by atoms with E-state index in [9.17, 15) is 4.79 Å². The minimum Gasteiger partial charge on any atom is -0.462 e. The maximum atomic E-state index is 11.7. The first kappa shape index (κ1) is 13.6. The number of anilines is 2. The van der Waals surface area contributed by atoms with Crippen molar-refractivity contribution < 1.29 is 9.53 Å². The minimum absolute atomic E-state index is 0.337. The maximum absolute atomic E-state index is 11.7. The fourth-order valence-corrected chi connectivity index (χ4v) is 2.48. The van der Waals surface area contributed by atoms with E-state index in [1.807, 2.05) is 0 Å². The van der Waals surface area contributed by atoms with E-state index in [0.29, 0.717) is 29.7 Å². The van der Waals surface area contributed by atoms with Crippen LogP contribution in [0.4, 0.5) is 11.5 Å². The predicted molar refractivity (Wildman–Crippen MR) is 75.0 cm³/mol. The molecule has 1 fully saturated rings. The van der Waals surface area contributed by atoms with Gasteiger partial charge in [-0.05, 0) is 38.2 Å². The minimum atomic E-state index is -0.398. The van der Waals surface area contributed by atoms with E-state index in [1.54, 1.807) is 13.0 Å². The number of pyridine rings is 1. The summed E-state index contributed by atoms with van der Waals surface area (Å²) in [6.07, 6.45) is 5.02. The summed E-state index contributed by atoms with van der Waals surface area (Å²) in [6.45, 7) is 4.36. The van der Waals surface area contributed by atoms with Crippen LogP contribution in [0.25, 0.3) is 0 Å². The monoisotopic (exact) mass is 263 g/mol. The molecule has 0 saturated heterocycles. The van der Waals surface area contributed by atoms with Crippen LogP contribution in [0.2, 0.25) is 0 Å². The molecule has 1 heterocycles. The van der Waals surface area contributed by atoms with Gasteiger partial charge in [-0.15, -0.1) is 0 Å². The molecule has 1 saturated carbocycles. The van der Waals surface area contributed by atoms with Gasteiger partial charge in [-0.2, -0.15) is 0 Å². The summed E-state index contributed by atoms with van der Waals surface area (Å²) < 4.78 is 4.98. The van der Waals surface area contributed by atoms with Crippen LogP contribution in [0.15, 0.2) is 12.3 Å². The van der Waals surface area contributed by atoms with Gasteiger partial charge in [-0.3, -0.25) is 0 Å². The summed E-state index contributed by atoms with van der Waals surface area (Å²) in [5.74, 6) is 1.04. The molecular formula is C14H21N3O2. The number of esters is 1. The molecule has 0 radical (unpaired) electrons. The fraction of sp³-hybridized carbons (Fsp3) is 0.571. The zero-order chi connectivity index (χ0) is 13.8. The Morgan fingerprint density at radius 2 is 2.37 bits per heavy atom. The van der Waals surface area contributed by atoms with Crippen molar-refractivity contribution >= 4 is 17.5 Å². The van der Waals surface area contributed by atoms with Gasteiger partial charge >= 0.3 is 5.97 Å². The molecule has 0 bridgehead atoms. The van der Waals surface area contributed by atoms with Crippen molar-refractivity contribution in [3.05, 3.63) is 17.8 Å². The fourth-order valence-electron chi connectivity index (χ4n) is 2.48. The molecule has 0 aromatic carbocycles. The average Bonchev–Trinajstić information content (AvgIpc) is 2.77. The van der Waals surface area contributed by atoms with E-state index in [4.69, 9.17) is 10.5 Å². The quantitative estimate of drug-likeness (QED) is 0.816. The van der Waals surface area contributed by atoms with Crippen molar-refractivity contribution in [1.82, 2.24) is 4.98 Å². The number of nitrogens with zero attached hydrogens (tertiary/aromatic N) is 1. The predicted octanol–water partition coefficient (Wildman–Crippen LogP) is 2.44. The van der Waals surface area contributed by atoms with E-state index in [0.717, 1.165) is 18.8 Å². The first-order valence-electron chi connectivity index (χ1n) is 6.79. The summed E-state index contributed by atoms with van der Waals surface area (Å²) in [5.41, 5.74) is 6.49. The van der Waals surface area contributed by atoms with Crippen LogP contribution < -0.4 is 11.1 Å². The number of hydrogen-bond donors (Lipinski definition) is 2. The van der Waals surface area contributed by atoms with Gasteiger partial charge in [0.1, 0.15) is 5.82 Å². The third kappa shape index (κ3) is 3.36. The molecule has 2 atom stereocenters. The Morgan fingerprint density at radius 3 is 3.00 bits per heavy atom. The van der Waals surface area contributed by atoms with E-state index >= 15 is 0 Å². The van der Waals surface area contributed by atoms with Gasteiger partial charge in [-0.1, -0.05) is 6.92 Å². The number of carbonyl (C=O) groups excluding carboxylic acids is 1. The first-order chi connectivity index (χ1) is 9.10. The standard InChI is InChI=1S/C14H21N3O2/c1-3-19-14(18)11-7-13(16-8-12(11)15)17-10-5-4-9(2)6-10/h7-10H,3-6,15H2,1-2H3,(H,16,17). The Hall–Kier alpha value is -1.78. The molecule has 19 heavy (non-hydrogen) atoms. The second-order valence-electron chi connectivity index (χ2n) is 5.14. The van der Waals surface area contributed by atoms with Crippen LogP contribution in [0.3, 0.4) is 0 Å². The zero-order valence-corrected chi connectivity index (χ0v) is 11.5. The van der Waals surface area contributed by atoms with Gasteiger partial charge in [-0.25, -0.2) is 9.78 Å². The molecule has 2 unspecified atom stereocenters. The van der Waals surface area contributed by atoms with Gasteiger partial charge in [0.2, 0.25) is 0 Å². The number of hydrogen-bond acceptors (Lipinski definition) is 5. The Labute approximate surface area is 113 Å². The Morgan fingerprint density at radius 1 is 1.58 bits per heavy atom. The molecular weight excluding hydrogens is 242 g/mol. The van der Waals surface area contributed by atoms with Crippen LogP contribution in [0.5, 0.6) is 0 Å². The van der Waals surface area contributed by atoms with Gasteiger partial charge in [0.05, 0.1) is 24.1 Å². The van der Waals surface area contributed by atoms with Crippen LogP contribution in [0.1, 0.15) is 43.5 Å². The van der Waals surface area contributed by atoms with Crippen molar-refractivity contribution in [2.75, 3.05) is 17.7 Å². The lowest BCUT2D eigenvalue weighted by atomic mass is 10.1.